The summed E-state index contributed by atoms with van der Waals surface area (Å²) in [5.74, 6) is 2.40. The first kappa shape index (κ1) is 20.7. The van der Waals surface area contributed by atoms with Crippen molar-refractivity contribution < 1.29 is 4.74 Å². The Balaban J connectivity index is 1.26. The van der Waals surface area contributed by atoms with E-state index in [1.807, 2.05) is 36.4 Å². The number of nitrogens with zero attached hydrogens (tertiary/aromatic N) is 4. The number of ether oxygens (including phenoxy) is 1. The van der Waals surface area contributed by atoms with Crippen LogP contribution in [0.25, 0.3) is 11.1 Å². The van der Waals surface area contributed by atoms with Crippen molar-refractivity contribution in [1.82, 2.24) is 25.0 Å². The van der Waals surface area contributed by atoms with Gasteiger partial charge in [-0.15, -0.1) is 0 Å². The van der Waals surface area contributed by atoms with Crippen LogP contribution in [0.3, 0.4) is 0 Å². The lowest BCUT2D eigenvalue weighted by atomic mass is 9.87. The molecule has 6 rings (SSSR count). The maximum Gasteiger partial charge on any atom is 0.146 e. The summed E-state index contributed by atoms with van der Waals surface area (Å²) in [5.41, 5.74) is 6.89. The van der Waals surface area contributed by atoms with Crippen LogP contribution in [0.15, 0.2) is 36.8 Å². The molecule has 0 radical (unpaired) electrons. The molecule has 0 saturated carbocycles. The van der Waals surface area contributed by atoms with Crippen LogP contribution in [0.4, 0.5) is 11.5 Å². The predicted octanol–water partition coefficient (Wildman–Crippen LogP) is 3.97. The number of anilines is 2. The summed E-state index contributed by atoms with van der Waals surface area (Å²) in [5, 5.41) is 11.5. The molecule has 3 aromatic rings. The summed E-state index contributed by atoms with van der Waals surface area (Å²) in [6.07, 6.45) is 9.52. The number of aryl methyl sites for hydroxylation is 2. The average molecular weight is 445 g/mol. The maximum absolute atomic E-state index is 6.36. The van der Waals surface area contributed by atoms with E-state index in [0.29, 0.717) is 12.5 Å². The summed E-state index contributed by atoms with van der Waals surface area (Å²) in [4.78, 5) is 7.35. The van der Waals surface area contributed by atoms with Gasteiger partial charge < -0.3 is 15.4 Å². The molecule has 2 fully saturated rings. The van der Waals surface area contributed by atoms with Crippen molar-refractivity contribution in [3.8, 4) is 16.9 Å². The molecule has 0 spiro atoms. The number of nitrogens with one attached hydrogen (secondary N) is 2. The van der Waals surface area contributed by atoms with E-state index in [2.05, 4.69) is 44.7 Å². The summed E-state index contributed by atoms with van der Waals surface area (Å²) in [6.45, 7) is 7.34. The Morgan fingerprint density at radius 1 is 1.15 bits per heavy atom. The Bertz CT molecular complexity index is 1160. The van der Waals surface area contributed by atoms with Gasteiger partial charge in [0.1, 0.15) is 18.2 Å². The molecule has 0 aliphatic carbocycles. The van der Waals surface area contributed by atoms with Gasteiger partial charge in [0.2, 0.25) is 0 Å². The van der Waals surface area contributed by atoms with Crippen molar-refractivity contribution in [3.05, 3.63) is 53.5 Å². The fourth-order valence-corrected chi connectivity index (χ4v) is 5.72. The van der Waals surface area contributed by atoms with Gasteiger partial charge in [0.05, 0.1) is 11.9 Å². The Morgan fingerprint density at radius 3 is 2.79 bits per heavy atom. The Hall–Kier alpha value is -2.90. The van der Waals surface area contributed by atoms with Crippen LogP contribution in [0.5, 0.6) is 5.75 Å². The van der Waals surface area contributed by atoms with Gasteiger partial charge in [-0.05, 0) is 80.6 Å². The number of hydrogen-bond donors (Lipinski definition) is 2. The van der Waals surface area contributed by atoms with E-state index in [9.17, 15) is 0 Å². The van der Waals surface area contributed by atoms with Gasteiger partial charge in [0, 0.05) is 43.2 Å². The third-order valence-electron chi connectivity index (χ3n) is 7.53. The highest BCUT2D eigenvalue weighted by Gasteiger charge is 2.29. The lowest BCUT2D eigenvalue weighted by Gasteiger charge is -2.36. The molecule has 0 amide bonds. The number of hydrogen-bond acceptors (Lipinski definition) is 6. The van der Waals surface area contributed by atoms with E-state index < -0.39 is 0 Å². The molecule has 33 heavy (non-hydrogen) atoms. The maximum atomic E-state index is 6.36. The molecular weight excluding hydrogens is 412 g/mol. The normalized spacial score (nSPS) is 21.1. The average Bonchev–Trinajstić information content (AvgIpc) is 3.47. The van der Waals surface area contributed by atoms with Gasteiger partial charge in [-0.2, -0.15) is 5.10 Å². The number of rotatable bonds is 3. The van der Waals surface area contributed by atoms with Crippen molar-refractivity contribution >= 4 is 11.5 Å². The molecule has 1 atom stereocenters. The molecule has 3 aliphatic heterocycles. The van der Waals surface area contributed by atoms with Crippen LogP contribution in [0, 0.1) is 6.92 Å². The van der Waals surface area contributed by atoms with Gasteiger partial charge in [-0.3, -0.25) is 9.58 Å². The van der Waals surface area contributed by atoms with Gasteiger partial charge in [0.25, 0.3) is 0 Å². The summed E-state index contributed by atoms with van der Waals surface area (Å²) < 4.78 is 8.18. The van der Waals surface area contributed by atoms with Crippen LogP contribution in [0.1, 0.15) is 41.9 Å². The number of piperidine rings is 1. The molecule has 2 aromatic heterocycles. The minimum absolute atomic E-state index is 0.488. The second kappa shape index (κ2) is 8.47. The molecule has 2 N–H and O–H groups in total. The van der Waals surface area contributed by atoms with Crippen molar-refractivity contribution in [2.75, 3.05) is 31.5 Å². The lowest BCUT2D eigenvalue weighted by Crippen LogP contribution is -2.42. The fourth-order valence-electron chi connectivity index (χ4n) is 5.72. The third-order valence-corrected chi connectivity index (χ3v) is 7.53. The van der Waals surface area contributed by atoms with Crippen LogP contribution in [-0.2, 0) is 13.7 Å². The van der Waals surface area contributed by atoms with Crippen LogP contribution in [0.2, 0.25) is 0 Å². The molecular formula is C26H32N6O. The molecule has 7 nitrogen and oxygen atoms in total. The summed E-state index contributed by atoms with van der Waals surface area (Å²) in [7, 11) is 1.94. The molecule has 1 aromatic carbocycles. The van der Waals surface area contributed by atoms with Gasteiger partial charge in [-0.1, -0.05) is 6.07 Å². The number of likely N-dealkylation sites (tertiary alicyclic amines) is 1. The van der Waals surface area contributed by atoms with E-state index in [-0.39, 0.29) is 0 Å². The van der Waals surface area contributed by atoms with E-state index in [1.165, 1.54) is 43.5 Å². The van der Waals surface area contributed by atoms with E-state index >= 15 is 0 Å². The van der Waals surface area contributed by atoms with Gasteiger partial charge in [0.15, 0.2) is 0 Å². The Kier molecular flexibility index (Phi) is 5.31. The van der Waals surface area contributed by atoms with Crippen molar-refractivity contribution in [2.24, 2.45) is 7.05 Å². The summed E-state index contributed by atoms with van der Waals surface area (Å²) in [6, 6.07) is 7.41. The first-order valence-electron chi connectivity index (χ1n) is 12.1. The number of fused-ring (bicyclic) bond motifs is 2. The predicted molar refractivity (Wildman–Crippen MR) is 130 cm³/mol. The van der Waals surface area contributed by atoms with Crippen molar-refractivity contribution in [2.45, 2.75) is 44.8 Å². The monoisotopic (exact) mass is 444 g/mol. The van der Waals surface area contributed by atoms with E-state index in [4.69, 9.17) is 4.74 Å². The molecule has 1 unspecified atom stereocenters. The van der Waals surface area contributed by atoms with Crippen LogP contribution >= 0.6 is 0 Å². The highest BCUT2D eigenvalue weighted by Crippen LogP contribution is 2.42. The standard InChI is InChI=1S/C26H32N6O/c1-17-11-19(18-5-9-32(10-6-18)21-3-7-27-14-21)12-24-25(17)33-16-23-22(4-8-28-26(23)30-24)20-13-29-31(2)15-20/h4,8,11-13,15,18,21,27H,3,5-7,9-10,14,16H2,1-2H3,(H,28,30). The molecule has 0 bridgehead atoms. The minimum Gasteiger partial charge on any atom is -0.486 e. The fraction of sp³-hybridized carbons (Fsp3) is 0.462. The molecule has 3 aliphatic rings. The van der Waals surface area contributed by atoms with Gasteiger partial charge >= 0.3 is 0 Å². The van der Waals surface area contributed by atoms with Crippen molar-refractivity contribution in [1.29, 1.82) is 0 Å². The van der Waals surface area contributed by atoms with Crippen LogP contribution in [-0.4, -0.2) is 51.9 Å². The number of pyridine rings is 1. The third kappa shape index (κ3) is 3.89. The second-order valence-corrected chi connectivity index (χ2v) is 9.67. The van der Waals surface area contributed by atoms with Gasteiger partial charge in [-0.25, -0.2) is 4.98 Å². The lowest BCUT2D eigenvalue weighted by molar-refractivity contribution is 0.161. The highest BCUT2D eigenvalue weighted by molar-refractivity contribution is 5.77. The Labute approximate surface area is 195 Å². The molecule has 7 heteroatoms. The molecule has 172 valence electrons. The molecule has 2 saturated heterocycles. The van der Waals surface area contributed by atoms with Crippen LogP contribution < -0.4 is 15.4 Å². The second-order valence-electron chi connectivity index (χ2n) is 9.67. The zero-order valence-electron chi connectivity index (χ0n) is 19.5. The number of aromatic nitrogens is 3. The zero-order valence-corrected chi connectivity index (χ0v) is 19.5. The SMILES string of the molecule is Cc1cc(C2CCN(C3CCNC3)CC2)cc2c1OCc1c(-c3cnn(C)c3)ccnc1N2. The molecule has 5 heterocycles. The number of benzene rings is 1. The zero-order chi connectivity index (χ0) is 22.4. The quantitative estimate of drug-likeness (QED) is 0.637. The highest BCUT2D eigenvalue weighted by atomic mass is 16.5. The topological polar surface area (TPSA) is 67.2 Å². The smallest absolute Gasteiger partial charge is 0.146 e. The van der Waals surface area contributed by atoms with E-state index in [1.54, 1.807) is 0 Å². The minimum atomic E-state index is 0.488. The summed E-state index contributed by atoms with van der Waals surface area (Å²) >= 11 is 0. The van der Waals surface area contributed by atoms with E-state index in [0.717, 1.165) is 53.1 Å². The first-order chi connectivity index (χ1) is 16.2. The Morgan fingerprint density at radius 2 is 2.03 bits per heavy atom. The van der Waals surface area contributed by atoms with Crippen molar-refractivity contribution in [3.63, 3.8) is 0 Å². The largest absolute Gasteiger partial charge is 0.486 e. The first-order valence-corrected chi connectivity index (χ1v) is 12.1.